The van der Waals surface area contributed by atoms with Crippen LogP contribution in [0.3, 0.4) is 0 Å². The number of hydrogen-bond acceptors (Lipinski definition) is 6. The maximum absolute atomic E-state index is 13.3. The molecule has 0 unspecified atom stereocenters. The van der Waals surface area contributed by atoms with E-state index in [1.807, 2.05) is 48.2 Å². The Balaban J connectivity index is 1.25. The van der Waals surface area contributed by atoms with Gasteiger partial charge in [0, 0.05) is 41.5 Å². The number of fused-ring (bicyclic) bond motifs is 1. The summed E-state index contributed by atoms with van der Waals surface area (Å²) in [7, 11) is 0. The van der Waals surface area contributed by atoms with Gasteiger partial charge in [-0.2, -0.15) is 0 Å². The van der Waals surface area contributed by atoms with Gasteiger partial charge >= 0.3 is 0 Å². The maximum Gasteiger partial charge on any atom is 0.268 e. The molecule has 0 atom stereocenters. The number of thiophene rings is 1. The molecule has 1 saturated carbocycles. The van der Waals surface area contributed by atoms with Gasteiger partial charge in [0.1, 0.15) is 6.33 Å². The first kappa shape index (κ1) is 22.6. The van der Waals surface area contributed by atoms with E-state index in [9.17, 15) is 9.59 Å². The van der Waals surface area contributed by atoms with Gasteiger partial charge in [-0.3, -0.25) is 14.9 Å². The number of aryl methyl sites for hydroxylation is 1. The average Bonchev–Trinajstić information content (AvgIpc) is 3.60. The largest absolute Gasteiger partial charge is 0.339 e. The summed E-state index contributed by atoms with van der Waals surface area (Å²) in [6.45, 7) is 7.10. The molecular formula is C27H26N6O2S. The number of amides is 2. The van der Waals surface area contributed by atoms with E-state index in [1.165, 1.54) is 23.7 Å². The fourth-order valence-corrected chi connectivity index (χ4v) is 6.57. The van der Waals surface area contributed by atoms with E-state index in [0.29, 0.717) is 10.8 Å². The van der Waals surface area contributed by atoms with Crippen molar-refractivity contribution in [2.24, 2.45) is 5.41 Å². The van der Waals surface area contributed by atoms with E-state index in [2.05, 4.69) is 26.4 Å². The highest BCUT2D eigenvalue weighted by Crippen LogP contribution is 2.55. The first-order valence-corrected chi connectivity index (χ1v) is 12.8. The zero-order valence-electron chi connectivity index (χ0n) is 20.0. The maximum atomic E-state index is 13.3. The monoisotopic (exact) mass is 498 g/mol. The zero-order chi connectivity index (χ0) is 24.9. The summed E-state index contributed by atoms with van der Waals surface area (Å²) >= 11 is 1.41. The third-order valence-electron chi connectivity index (χ3n) is 7.45. The molecule has 4 heterocycles. The van der Waals surface area contributed by atoms with Crippen LogP contribution < -0.4 is 5.32 Å². The van der Waals surface area contributed by atoms with E-state index in [-0.39, 0.29) is 23.3 Å². The molecule has 4 aromatic rings. The minimum atomic E-state index is -0.185. The Hall–Kier alpha value is -3.85. The molecule has 1 N–H and O–H groups in total. The predicted molar refractivity (Wildman–Crippen MR) is 140 cm³/mol. The Morgan fingerprint density at radius 3 is 2.86 bits per heavy atom. The number of rotatable bonds is 5. The average molecular weight is 499 g/mol. The van der Waals surface area contributed by atoms with Gasteiger partial charge in [0.05, 0.1) is 15.9 Å². The SMILES string of the molecule is C=CC(=O)N1CC[C@]2(C1)C[C@H](n1c(NC(=O)c3ccc(-c4cncnc4C)s3)nc3ccccc31)C2. The summed E-state index contributed by atoms with van der Waals surface area (Å²) in [5.41, 5.74) is 3.80. The number of imidazole rings is 1. The van der Waals surface area contributed by atoms with E-state index in [1.54, 1.807) is 6.20 Å². The number of nitrogens with zero attached hydrogens (tertiary/aromatic N) is 5. The van der Waals surface area contributed by atoms with Gasteiger partial charge in [-0.05, 0) is 61.9 Å². The van der Waals surface area contributed by atoms with Crippen LogP contribution in [-0.4, -0.2) is 49.3 Å². The second-order valence-electron chi connectivity index (χ2n) is 9.71. The van der Waals surface area contributed by atoms with Crippen LogP contribution in [0, 0.1) is 12.3 Å². The van der Waals surface area contributed by atoms with Gasteiger partial charge in [-0.15, -0.1) is 11.3 Å². The van der Waals surface area contributed by atoms with Crippen LogP contribution in [0.2, 0.25) is 0 Å². The van der Waals surface area contributed by atoms with Gasteiger partial charge in [0.15, 0.2) is 0 Å². The topological polar surface area (TPSA) is 93.0 Å². The highest BCUT2D eigenvalue weighted by atomic mass is 32.1. The molecule has 1 saturated heterocycles. The first-order chi connectivity index (χ1) is 17.5. The highest BCUT2D eigenvalue weighted by Gasteiger charge is 2.50. The second kappa shape index (κ2) is 8.67. The quantitative estimate of drug-likeness (QED) is 0.397. The van der Waals surface area contributed by atoms with Crippen LogP contribution in [0.15, 0.2) is 61.6 Å². The van der Waals surface area contributed by atoms with E-state index in [0.717, 1.165) is 59.5 Å². The van der Waals surface area contributed by atoms with Gasteiger partial charge in [-0.1, -0.05) is 18.7 Å². The molecule has 36 heavy (non-hydrogen) atoms. The molecule has 0 bridgehead atoms. The van der Waals surface area contributed by atoms with E-state index >= 15 is 0 Å². The van der Waals surface area contributed by atoms with Gasteiger partial charge in [-0.25, -0.2) is 15.0 Å². The summed E-state index contributed by atoms with van der Waals surface area (Å²) in [6.07, 6.45) is 7.59. The lowest BCUT2D eigenvalue weighted by molar-refractivity contribution is -0.125. The number of anilines is 1. The van der Waals surface area contributed by atoms with Crippen molar-refractivity contribution >= 4 is 40.1 Å². The summed E-state index contributed by atoms with van der Waals surface area (Å²) in [5, 5.41) is 3.07. The summed E-state index contributed by atoms with van der Waals surface area (Å²) in [4.78, 5) is 41.9. The summed E-state index contributed by atoms with van der Waals surface area (Å²) < 4.78 is 2.17. The van der Waals surface area contributed by atoms with Crippen molar-refractivity contribution in [1.29, 1.82) is 0 Å². The van der Waals surface area contributed by atoms with Crippen molar-refractivity contribution in [2.45, 2.75) is 32.2 Å². The fraction of sp³-hybridized carbons (Fsp3) is 0.296. The van der Waals surface area contributed by atoms with Crippen LogP contribution in [0.4, 0.5) is 5.95 Å². The molecule has 1 aromatic carbocycles. The molecule has 2 aliphatic rings. The first-order valence-electron chi connectivity index (χ1n) is 12.0. The van der Waals surface area contributed by atoms with Crippen LogP contribution >= 0.6 is 11.3 Å². The van der Waals surface area contributed by atoms with Gasteiger partial charge in [0.25, 0.3) is 5.91 Å². The van der Waals surface area contributed by atoms with Crippen LogP contribution in [-0.2, 0) is 4.79 Å². The smallest absolute Gasteiger partial charge is 0.268 e. The second-order valence-corrected chi connectivity index (χ2v) is 10.8. The number of hydrogen-bond donors (Lipinski definition) is 1. The third kappa shape index (κ3) is 3.80. The Bertz CT molecular complexity index is 1500. The highest BCUT2D eigenvalue weighted by molar-refractivity contribution is 7.17. The lowest BCUT2D eigenvalue weighted by Crippen LogP contribution is -2.42. The van der Waals surface area contributed by atoms with E-state index in [4.69, 9.17) is 4.98 Å². The minimum Gasteiger partial charge on any atom is -0.339 e. The number of para-hydroxylation sites is 2. The van der Waals surface area contributed by atoms with Crippen molar-refractivity contribution < 1.29 is 9.59 Å². The Kier molecular flexibility index (Phi) is 5.44. The Morgan fingerprint density at radius 1 is 1.22 bits per heavy atom. The number of carbonyl (C=O) groups is 2. The molecule has 1 spiro atoms. The van der Waals surface area contributed by atoms with Crippen LogP contribution in [0.25, 0.3) is 21.5 Å². The number of likely N-dealkylation sites (tertiary alicyclic amines) is 1. The lowest BCUT2D eigenvalue weighted by atomic mass is 9.65. The van der Waals surface area contributed by atoms with Gasteiger partial charge < -0.3 is 9.47 Å². The molecule has 2 fully saturated rings. The molecule has 1 aliphatic heterocycles. The molecule has 2 amide bonds. The van der Waals surface area contributed by atoms with Crippen LogP contribution in [0.1, 0.15) is 40.7 Å². The summed E-state index contributed by atoms with van der Waals surface area (Å²) in [5.74, 6) is 0.381. The molecule has 0 radical (unpaired) electrons. The fourth-order valence-electron chi connectivity index (χ4n) is 5.61. The van der Waals surface area contributed by atoms with Crippen molar-refractivity contribution in [2.75, 3.05) is 18.4 Å². The molecule has 3 aromatic heterocycles. The number of aromatic nitrogens is 4. The van der Waals surface area contributed by atoms with Crippen molar-refractivity contribution in [1.82, 2.24) is 24.4 Å². The Morgan fingerprint density at radius 2 is 2.06 bits per heavy atom. The summed E-state index contributed by atoms with van der Waals surface area (Å²) in [6, 6.07) is 11.9. The molecule has 6 rings (SSSR count). The molecule has 9 heteroatoms. The molecular weight excluding hydrogens is 472 g/mol. The molecule has 182 valence electrons. The van der Waals surface area contributed by atoms with Gasteiger partial charge in [0.2, 0.25) is 11.9 Å². The minimum absolute atomic E-state index is 0.00364. The predicted octanol–water partition coefficient (Wildman–Crippen LogP) is 4.86. The van der Waals surface area contributed by atoms with Crippen molar-refractivity contribution in [3.05, 3.63) is 72.1 Å². The third-order valence-corrected chi connectivity index (χ3v) is 8.57. The number of benzene rings is 1. The Labute approximate surface area is 212 Å². The normalized spacial score (nSPS) is 21.0. The lowest BCUT2D eigenvalue weighted by Gasteiger charge is -2.46. The van der Waals surface area contributed by atoms with Crippen molar-refractivity contribution in [3.8, 4) is 10.4 Å². The molecule has 1 aliphatic carbocycles. The number of carbonyl (C=O) groups excluding carboxylic acids is 2. The van der Waals surface area contributed by atoms with Crippen molar-refractivity contribution in [3.63, 3.8) is 0 Å². The number of nitrogens with one attached hydrogen (secondary N) is 1. The van der Waals surface area contributed by atoms with E-state index < -0.39 is 0 Å². The molecule has 8 nitrogen and oxygen atoms in total. The zero-order valence-corrected chi connectivity index (χ0v) is 20.8. The van der Waals surface area contributed by atoms with Crippen LogP contribution in [0.5, 0.6) is 0 Å². The standard InChI is InChI=1S/C27H26N6O2S/c1-3-24(34)32-11-10-27(15-32)12-18(13-27)33-21-7-5-4-6-20(21)30-26(33)31-25(35)23-9-8-22(36-23)19-14-28-16-29-17(19)2/h3-9,14,16,18H,1,10-13,15H2,2H3,(H,30,31,35)/t18-,27-.